The third-order valence-corrected chi connectivity index (χ3v) is 2.38. The fourth-order valence-corrected chi connectivity index (χ4v) is 1.18. The Hall–Kier alpha value is -1.26. The van der Waals surface area contributed by atoms with Crippen LogP contribution in [0.15, 0.2) is 18.2 Å². The maximum Gasteiger partial charge on any atom is 0.274 e. The molecule has 4 nitrogen and oxygen atoms in total. The van der Waals surface area contributed by atoms with E-state index in [-0.39, 0.29) is 5.91 Å². The molecule has 1 amide bonds. The molecule has 1 atom stereocenters. The van der Waals surface area contributed by atoms with Gasteiger partial charge in [0.1, 0.15) is 5.75 Å². The lowest BCUT2D eigenvalue weighted by molar-refractivity contribution is -0.127. The number of hydrogen-bond donors (Lipinski definition) is 2. The van der Waals surface area contributed by atoms with Gasteiger partial charge in [-0.25, -0.2) is 5.84 Å². The fraction of sp³-hybridized carbons (Fsp3) is 0.300. The zero-order valence-electron chi connectivity index (χ0n) is 8.58. The molecule has 5 heteroatoms. The van der Waals surface area contributed by atoms with Crippen molar-refractivity contribution in [1.29, 1.82) is 0 Å². The predicted octanol–water partition coefficient (Wildman–Crippen LogP) is 1.41. The molecule has 0 unspecified atom stereocenters. The number of amides is 1. The SMILES string of the molecule is Cc1cc(O[C@@H](C)C(=O)NN)ccc1Cl. The number of benzene rings is 1. The minimum Gasteiger partial charge on any atom is -0.481 e. The first-order valence-corrected chi connectivity index (χ1v) is 4.85. The van der Waals surface area contributed by atoms with E-state index < -0.39 is 6.10 Å². The molecule has 0 heterocycles. The van der Waals surface area contributed by atoms with Crippen LogP contribution in [0, 0.1) is 6.92 Å². The van der Waals surface area contributed by atoms with Gasteiger partial charge < -0.3 is 4.74 Å². The summed E-state index contributed by atoms with van der Waals surface area (Å²) in [6, 6.07) is 5.19. The minimum atomic E-state index is -0.629. The number of hydrogen-bond acceptors (Lipinski definition) is 3. The van der Waals surface area contributed by atoms with Gasteiger partial charge >= 0.3 is 0 Å². The molecule has 3 N–H and O–H groups in total. The molecule has 0 saturated carbocycles. The van der Waals surface area contributed by atoms with Gasteiger partial charge in [-0.05, 0) is 37.6 Å². The van der Waals surface area contributed by atoms with Crippen LogP contribution in [-0.2, 0) is 4.79 Å². The Labute approximate surface area is 93.3 Å². The first kappa shape index (κ1) is 11.8. The summed E-state index contributed by atoms with van der Waals surface area (Å²) in [5, 5.41) is 0.665. The number of rotatable bonds is 3. The molecule has 0 aliphatic carbocycles. The summed E-state index contributed by atoms with van der Waals surface area (Å²) in [6.45, 7) is 3.48. The third kappa shape index (κ3) is 3.11. The van der Waals surface area contributed by atoms with Gasteiger partial charge in [0.25, 0.3) is 5.91 Å². The lowest BCUT2D eigenvalue weighted by Crippen LogP contribution is -2.40. The second kappa shape index (κ2) is 5.00. The largest absolute Gasteiger partial charge is 0.481 e. The second-order valence-corrected chi connectivity index (χ2v) is 3.59. The maximum atomic E-state index is 11.1. The van der Waals surface area contributed by atoms with Crippen molar-refractivity contribution in [2.45, 2.75) is 20.0 Å². The van der Waals surface area contributed by atoms with Crippen molar-refractivity contribution in [3.8, 4) is 5.75 Å². The van der Waals surface area contributed by atoms with Crippen molar-refractivity contribution in [3.05, 3.63) is 28.8 Å². The van der Waals surface area contributed by atoms with Crippen molar-refractivity contribution in [2.24, 2.45) is 5.84 Å². The van der Waals surface area contributed by atoms with E-state index in [0.29, 0.717) is 10.8 Å². The first-order chi connectivity index (χ1) is 7.04. The Bertz CT molecular complexity index is 368. The number of carbonyl (C=O) groups excluding carboxylic acids is 1. The number of ether oxygens (including phenoxy) is 1. The van der Waals surface area contributed by atoms with Gasteiger partial charge in [0.15, 0.2) is 6.10 Å². The highest BCUT2D eigenvalue weighted by molar-refractivity contribution is 6.31. The van der Waals surface area contributed by atoms with Crippen molar-refractivity contribution >= 4 is 17.5 Å². The van der Waals surface area contributed by atoms with Gasteiger partial charge in [-0.3, -0.25) is 10.2 Å². The molecule has 15 heavy (non-hydrogen) atoms. The Kier molecular flexibility index (Phi) is 3.94. The van der Waals surface area contributed by atoms with Gasteiger partial charge in [-0.15, -0.1) is 0 Å². The highest BCUT2D eigenvalue weighted by Gasteiger charge is 2.12. The predicted molar refractivity (Wildman–Crippen MR) is 58.6 cm³/mol. The van der Waals surface area contributed by atoms with E-state index in [1.165, 1.54) is 0 Å². The minimum absolute atomic E-state index is 0.373. The van der Waals surface area contributed by atoms with Crippen LogP contribution < -0.4 is 16.0 Å². The Morgan fingerprint density at radius 2 is 2.27 bits per heavy atom. The highest BCUT2D eigenvalue weighted by Crippen LogP contribution is 2.21. The number of halogens is 1. The van der Waals surface area contributed by atoms with Crippen LogP contribution in [0.1, 0.15) is 12.5 Å². The summed E-state index contributed by atoms with van der Waals surface area (Å²) in [7, 11) is 0. The topological polar surface area (TPSA) is 64.3 Å². The average molecular weight is 229 g/mol. The molecule has 0 fully saturated rings. The zero-order chi connectivity index (χ0) is 11.4. The molecule has 1 rings (SSSR count). The van der Waals surface area contributed by atoms with Crippen LogP contribution in [0.4, 0.5) is 0 Å². The molecule has 0 aliphatic heterocycles. The standard InChI is InChI=1S/C10H13ClN2O2/c1-6-5-8(3-4-9(6)11)15-7(2)10(14)13-12/h3-5,7H,12H2,1-2H3,(H,13,14)/t7-/m0/s1. The van der Waals surface area contributed by atoms with E-state index in [1.807, 2.05) is 12.3 Å². The summed E-state index contributed by atoms with van der Waals surface area (Å²) in [6.07, 6.45) is -0.629. The first-order valence-electron chi connectivity index (χ1n) is 4.48. The third-order valence-electron chi connectivity index (χ3n) is 1.95. The average Bonchev–Trinajstić information content (AvgIpc) is 2.22. The molecule has 1 aromatic rings. The number of carbonyl (C=O) groups is 1. The second-order valence-electron chi connectivity index (χ2n) is 3.18. The van der Waals surface area contributed by atoms with Crippen LogP contribution >= 0.6 is 11.6 Å². The maximum absolute atomic E-state index is 11.1. The van der Waals surface area contributed by atoms with Crippen LogP contribution in [0.5, 0.6) is 5.75 Å². The number of nitrogens with one attached hydrogen (secondary N) is 1. The van der Waals surface area contributed by atoms with E-state index in [2.05, 4.69) is 0 Å². The van der Waals surface area contributed by atoms with Gasteiger partial charge in [-0.1, -0.05) is 11.6 Å². The van der Waals surface area contributed by atoms with E-state index in [9.17, 15) is 4.79 Å². The summed E-state index contributed by atoms with van der Waals surface area (Å²) >= 11 is 5.85. The smallest absolute Gasteiger partial charge is 0.274 e. The summed E-state index contributed by atoms with van der Waals surface area (Å²) in [4.78, 5) is 11.1. The molecular formula is C10H13ClN2O2. The Balaban J connectivity index is 2.73. The van der Waals surface area contributed by atoms with Gasteiger partial charge in [0.2, 0.25) is 0 Å². The van der Waals surface area contributed by atoms with Crippen molar-refractivity contribution in [1.82, 2.24) is 5.43 Å². The summed E-state index contributed by atoms with van der Waals surface area (Å²) in [5.41, 5.74) is 2.92. The molecule has 0 saturated heterocycles. The summed E-state index contributed by atoms with van der Waals surface area (Å²) < 4.78 is 5.35. The number of aryl methyl sites for hydroxylation is 1. The molecule has 0 bridgehead atoms. The Morgan fingerprint density at radius 3 is 2.80 bits per heavy atom. The molecule has 82 valence electrons. The van der Waals surface area contributed by atoms with Crippen molar-refractivity contribution < 1.29 is 9.53 Å². The molecule has 0 spiro atoms. The van der Waals surface area contributed by atoms with Crippen molar-refractivity contribution in [2.75, 3.05) is 0 Å². The molecule has 0 aromatic heterocycles. The lowest BCUT2D eigenvalue weighted by atomic mass is 10.2. The van der Waals surface area contributed by atoms with E-state index in [4.69, 9.17) is 22.2 Å². The van der Waals surface area contributed by atoms with Crippen molar-refractivity contribution in [3.63, 3.8) is 0 Å². The van der Waals surface area contributed by atoms with Gasteiger partial charge in [0, 0.05) is 5.02 Å². The number of hydrazine groups is 1. The van der Waals surface area contributed by atoms with E-state index >= 15 is 0 Å². The quantitative estimate of drug-likeness (QED) is 0.467. The zero-order valence-corrected chi connectivity index (χ0v) is 9.34. The highest BCUT2D eigenvalue weighted by atomic mass is 35.5. The molecule has 0 radical (unpaired) electrons. The lowest BCUT2D eigenvalue weighted by Gasteiger charge is -2.13. The normalized spacial score (nSPS) is 12.0. The summed E-state index contributed by atoms with van der Waals surface area (Å²) in [5.74, 6) is 5.20. The van der Waals surface area contributed by atoms with E-state index in [0.717, 1.165) is 5.56 Å². The monoisotopic (exact) mass is 228 g/mol. The molecule has 1 aromatic carbocycles. The van der Waals surface area contributed by atoms with E-state index in [1.54, 1.807) is 25.1 Å². The molecular weight excluding hydrogens is 216 g/mol. The number of nitrogens with two attached hydrogens (primary N) is 1. The fourth-order valence-electron chi connectivity index (χ4n) is 1.07. The van der Waals surface area contributed by atoms with Crippen LogP contribution in [0.2, 0.25) is 5.02 Å². The molecule has 0 aliphatic rings. The van der Waals surface area contributed by atoms with Gasteiger partial charge in [0.05, 0.1) is 0 Å². The van der Waals surface area contributed by atoms with Gasteiger partial charge in [-0.2, -0.15) is 0 Å². The van der Waals surface area contributed by atoms with Crippen LogP contribution in [-0.4, -0.2) is 12.0 Å². The van der Waals surface area contributed by atoms with Crippen LogP contribution in [0.25, 0.3) is 0 Å². The van der Waals surface area contributed by atoms with Crippen LogP contribution in [0.3, 0.4) is 0 Å². The Morgan fingerprint density at radius 1 is 1.60 bits per heavy atom.